The number of fused-ring (bicyclic) bond motifs is 1. The Hall–Kier alpha value is -2.62. The molecule has 0 radical (unpaired) electrons. The lowest BCUT2D eigenvalue weighted by atomic mass is 10.1. The van der Waals surface area contributed by atoms with E-state index in [9.17, 15) is 13.2 Å². The smallest absolute Gasteiger partial charge is 0.251 e. The van der Waals surface area contributed by atoms with E-state index < -0.39 is 16.1 Å². The average Bonchev–Trinajstić information content (AvgIpc) is 3.16. The first kappa shape index (κ1) is 22.6. The van der Waals surface area contributed by atoms with Crippen molar-refractivity contribution in [2.24, 2.45) is 0 Å². The molecule has 1 atom stereocenters. The van der Waals surface area contributed by atoms with E-state index in [-0.39, 0.29) is 18.3 Å². The second-order valence-electron chi connectivity index (χ2n) is 7.86. The molecule has 1 amide bonds. The molecule has 1 aliphatic rings. The summed E-state index contributed by atoms with van der Waals surface area (Å²) in [7, 11) is -1.76. The van der Waals surface area contributed by atoms with Crippen molar-refractivity contribution in [3.05, 3.63) is 58.4 Å². The first-order chi connectivity index (χ1) is 15.3. The summed E-state index contributed by atoms with van der Waals surface area (Å²) in [4.78, 5) is 20.7. The van der Waals surface area contributed by atoms with Gasteiger partial charge >= 0.3 is 0 Å². The summed E-state index contributed by atoms with van der Waals surface area (Å²) in [5, 5.41) is 3.52. The van der Waals surface area contributed by atoms with Gasteiger partial charge in [0.2, 0.25) is 10.0 Å². The Morgan fingerprint density at radius 1 is 1.28 bits per heavy atom. The number of anilines is 1. The van der Waals surface area contributed by atoms with Gasteiger partial charge in [-0.1, -0.05) is 11.6 Å². The third-order valence-corrected chi connectivity index (χ3v) is 7.60. The number of hydrogen-bond donors (Lipinski definition) is 2. The van der Waals surface area contributed by atoms with Gasteiger partial charge in [0, 0.05) is 24.2 Å². The molecule has 2 N–H and O–H groups in total. The van der Waals surface area contributed by atoms with Gasteiger partial charge in [-0.2, -0.15) is 0 Å². The summed E-state index contributed by atoms with van der Waals surface area (Å²) in [5.41, 5.74) is 3.28. The van der Waals surface area contributed by atoms with Gasteiger partial charge in [-0.3, -0.25) is 9.10 Å². The number of H-pyrrole nitrogens is 1. The highest BCUT2D eigenvalue weighted by Crippen LogP contribution is 2.28. The van der Waals surface area contributed by atoms with Gasteiger partial charge in [0.1, 0.15) is 11.9 Å². The number of nitrogens with one attached hydrogen (secondary N) is 2. The minimum absolute atomic E-state index is 0.149. The minimum Gasteiger partial charge on any atom is -0.382 e. The number of hydrogen-bond acceptors (Lipinski definition) is 5. The van der Waals surface area contributed by atoms with Crippen LogP contribution in [0.5, 0.6) is 0 Å². The molecule has 2 heterocycles. The van der Waals surface area contributed by atoms with Gasteiger partial charge in [0.25, 0.3) is 5.91 Å². The lowest BCUT2D eigenvalue weighted by Crippen LogP contribution is -2.38. The molecule has 0 unspecified atom stereocenters. The van der Waals surface area contributed by atoms with Gasteiger partial charge < -0.3 is 15.0 Å². The molecule has 10 heteroatoms. The number of nitrogens with zero attached hydrogens (tertiary/aromatic N) is 2. The zero-order valence-corrected chi connectivity index (χ0v) is 19.5. The fourth-order valence-electron chi connectivity index (χ4n) is 3.90. The molecule has 0 saturated carbocycles. The number of sulfonamides is 1. The zero-order chi connectivity index (χ0) is 22.9. The molecular formula is C22H25ClN4O4S. The monoisotopic (exact) mass is 476 g/mol. The van der Waals surface area contributed by atoms with E-state index in [0.717, 1.165) is 17.5 Å². The summed E-state index contributed by atoms with van der Waals surface area (Å²) in [6.45, 7) is 2.49. The minimum atomic E-state index is -3.32. The molecule has 0 spiro atoms. The Morgan fingerprint density at radius 2 is 2.09 bits per heavy atom. The molecule has 3 aromatic rings. The van der Waals surface area contributed by atoms with Gasteiger partial charge in [-0.15, -0.1) is 0 Å². The highest BCUT2D eigenvalue weighted by atomic mass is 35.5. The molecule has 0 aliphatic carbocycles. The lowest BCUT2D eigenvalue weighted by molar-refractivity contribution is 0.0892. The first-order valence-electron chi connectivity index (χ1n) is 10.3. The van der Waals surface area contributed by atoms with E-state index in [2.05, 4.69) is 15.3 Å². The topological polar surface area (TPSA) is 104 Å². The van der Waals surface area contributed by atoms with Crippen molar-refractivity contribution in [3.63, 3.8) is 0 Å². The summed E-state index contributed by atoms with van der Waals surface area (Å²) < 4.78 is 31.6. The third-order valence-electron chi connectivity index (χ3n) is 5.51. The Kier molecular flexibility index (Phi) is 6.41. The van der Waals surface area contributed by atoms with Crippen molar-refractivity contribution >= 4 is 44.3 Å². The SMILES string of the molecule is COC[C@H](NC(=O)c1ccc(N2CCCCS2(=O)=O)c(C)c1)c1nc2cc(Cl)ccc2[nH]1. The van der Waals surface area contributed by atoms with Crippen LogP contribution < -0.4 is 9.62 Å². The van der Waals surface area contributed by atoms with Crippen molar-refractivity contribution < 1.29 is 17.9 Å². The second kappa shape index (κ2) is 9.09. The number of rotatable bonds is 6. The van der Waals surface area contributed by atoms with Crippen molar-refractivity contribution in [1.82, 2.24) is 15.3 Å². The van der Waals surface area contributed by atoms with Crippen LogP contribution in [-0.4, -0.2) is 50.3 Å². The highest BCUT2D eigenvalue weighted by molar-refractivity contribution is 7.92. The molecule has 1 fully saturated rings. The zero-order valence-electron chi connectivity index (χ0n) is 17.9. The third kappa shape index (κ3) is 4.60. The largest absolute Gasteiger partial charge is 0.382 e. The van der Waals surface area contributed by atoms with E-state index in [1.54, 1.807) is 37.4 Å². The molecule has 0 bridgehead atoms. The van der Waals surface area contributed by atoms with Crippen LogP contribution in [0.3, 0.4) is 0 Å². The number of ether oxygens (including phenoxy) is 1. The van der Waals surface area contributed by atoms with Gasteiger partial charge in [0.05, 0.1) is 29.1 Å². The number of imidazole rings is 1. The molecule has 170 valence electrons. The molecule has 1 saturated heterocycles. The average molecular weight is 477 g/mol. The summed E-state index contributed by atoms with van der Waals surface area (Å²) >= 11 is 6.04. The number of aromatic amines is 1. The molecular weight excluding hydrogens is 452 g/mol. The maximum absolute atomic E-state index is 13.0. The second-order valence-corrected chi connectivity index (χ2v) is 10.3. The number of carbonyl (C=O) groups excluding carboxylic acids is 1. The van der Waals surface area contributed by atoms with E-state index in [0.29, 0.717) is 40.6 Å². The van der Waals surface area contributed by atoms with Gasteiger partial charge in [-0.25, -0.2) is 13.4 Å². The van der Waals surface area contributed by atoms with Gasteiger partial charge in [0.15, 0.2) is 0 Å². The van der Waals surface area contributed by atoms with Crippen LogP contribution in [0.1, 0.15) is 40.6 Å². The Balaban J connectivity index is 1.56. The van der Waals surface area contributed by atoms with Crippen LogP contribution in [-0.2, 0) is 14.8 Å². The fourth-order valence-corrected chi connectivity index (χ4v) is 5.76. The Bertz CT molecular complexity index is 1260. The van der Waals surface area contributed by atoms with E-state index in [4.69, 9.17) is 16.3 Å². The predicted molar refractivity (Wildman–Crippen MR) is 125 cm³/mol. The van der Waals surface area contributed by atoms with Gasteiger partial charge in [-0.05, 0) is 61.7 Å². The lowest BCUT2D eigenvalue weighted by Gasteiger charge is -2.29. The number of halogens is 1. The number of aromatic nitrogens is 2. The number of benzene rings is 2. The van der Waals surface area contributed by atoms with Crippen molar-refractivity contribution in [2.75, 3.05) is 30.3 Å². The molecule has 1 aromatic heterocycles. The van der Waals surface area contributed by atoms with Crippen LogP contribution in [0.25, 0.3) is 11.0 Å². The maximum Gasteiger partial charge on any atom is 0.251 e. The first-order valence-corrected chi connectivity index (χ1v) is 12.3. The van der Waals surface area contributed by atoms with Crippen molar-refractivity contribution in [2.45, 2.75) is 25.8 Å². The Labute approximate surface area is 192 Å². The van der Waals surface area contributed by atoms with Crippen molar-refractivity contribution in [3.8, 4) is 0 Å². The predicted octanol–water partition coefficient (Wildman–Crippen LogP) is 3.57. The quantitative estimate of drug-likeness (QED) is 0.566. The Morgan fingerprint density at radius 3 is 2.81 bits per heavy atom. The van der Waals surface area contributed by atoms with E-state index >= 15 is 0 Å². The molecule has 2 aromatic carbocycles. The van der Waals surface area contributed by atoms with E-state index in [1.807, 2.05) is 13.0 Å². The molecule has 32 heavy (non-hydrogen) atoms. The summed E-state index contributed by atoms with van der Waals surface area (Å²) in [6, 6.07) is 9.89. The standard InChI is InChI=1S/C22H25ClN4O4S/c1-14-11-15(5-8-20(14)27-9-3-4-10-32(27,29)30)22(28)26-19(13-31-2)21-24-17-7-6-16(23)12-18(17)25-21/h5-8,11-12,19H,3-4,9-10,13H2,1-2H3,(H,24,25)(H,26,28)/t19-/m0/s1. The van der Waals surface area contributed by atoms with Crippen LogP contribution in [0.4, 0.5) is 5.69 Å². The highest BCUT2D eigenvalue weighted by Gasteiger charge is 2.27. The molecule has 8 nitrogen and oxygen atoms in total. The normalized spacial score (nSPS) is 16.8. The fraction of sp³-hybridized carbons (Fsp3) is 0.364. The number of carbonyl (C=O) groups is 1. The number of amides is 1. The molecule has 1 aliphatic heterocycles. The maximum atomic E-state index is 13.0. The van der Waals surface area contributed by atoms with E-state index in [1.165, 1.54) is 4.31 Å². The molecule has 4 rings (SSSR count). The summed E-state index contributed by atoms with van der Waals surface area (Å²) in [5.74, 6) is 0.405. The van der Waals surface area contributed by atoms with Crippen LogP contribution >= 0.6 is 11.6 Å². The van der Waals surface area contributed by atoms with Crippen molar-refractivity contribution in [1.29, 1.82) is 0 Å². The van der Waals surface area contributed by atoms with Crippen LogP contribution in [0.2, 0.25) is 5.02 Å². The number of methoxy groups -OCH3 is 1. The number of aryl methyl sites for hydroxylation is 1. The van der Waals surface area contributed by atoms with Crippen LogP contribution in [0, 0.1) is 6.92 Å². The summed E-state index contributed by atoms with van der Waals surface area (Å²) in [6.07, 6.45) is 1.50. The van der Waals surface area contributed by atoms with Crippen LogP contribution in [0.15, 0.2) is 36.4 Å².